The highest BCUT2D eigenvalue weighted by Gasteiger charge is 2.19. The van der Waals surface area contributed by atoms with Crippen molar-refractivity contribution in [3.63, 3.8) is 0 Å². The van der Waals surface area contributed by atoms with Gasteiger partial charge in [0, 0.05) is 18.8 Å². The van der Waals surface area contributed by atoms with E-state index in [0.717, 1.165) is 31.0 Å². The molecule has 0 amide bonds. The molecule has 0 spiro atoms. The quantitative estimate of drug-likeness (QED) is 0.859. The van der Waals surface area contributed by atoms with E-state index in [1.165, 1.54) is 22.4 Å². The zero-order valence-electron chi connectivity index (χ0n) is 12.8. The van der Waals surface area contributed by atoms with Crippen molar-refractivity contribution >= 4 is 5.69 Å². The maximum atomic E-state index is 5.42. The summed E-state index contributed by atoms with van der Waals surface area (Å²) in [4.78, 5) is 2.41. The predicted octanol–water partition coefficient (Wildman–Crippen LogP) is 3.57. The van der Waals surface area contributed by atoms with Crippen LogP contribution < -0.4 is 14.4 Å². The van der Waals surface area contributed by atoms with Gasteiger partial charge in [-0.3, -0.25) is 0 Å². The van der Waals surface area contributed by atoms with Gasteiger partial charge in [0.25, 0.3) is 0 Å². The van der Waals surface area contributed by atoms with Gasteiger partial charge in [0.15, 0.2) is 11.5 Å². The number of aryl methyl sites for hydroxylation is 1. The lowest BCUT2D eigenvalue weighted by Gasteiger charge is -2.31. The highest BCUT2D eigenvalue weighted by molar-refractivity contribution is 5.54. The third-order valence-electron chi connectivity index (χ3n) is 4.12. The van der Waals surface area contributed by atoms with E-state index in [-0.39, 0.29) is 0 Å². The maximum Gasteiger partial charge on any atom is 0.161 e. The van der Waals surface area contributed by atoms with Gasteiger partial charge < -0.3 is 14.4 Å². The molecule has 110 valence electrons. The van der Waals surface area contributed by atoms with E-state index in [1.807, 2.05) is 0 Å². The van der Waals surface area contributed by atoms with Crippen LogP contribution in [0.25, 0.3) is 0 Å². The second-order valence-electron chi connectivity index (χ2n) is 5.48. The van der Waals surface area contributed by atoms with Crippen LogP contribution >= 0.6 is 0 Å². The fraction of sp³-hybridized carbons (Fsp3) is 0.333. The Kier molecular flexibility index (Phi) is 3.74. The number of fused-ring (bicyclic) bond motifs is 1. The molecule has 0 saturated heterocycles. The first-order valence-electron chi connectivity index (χ1n) is 7.26. The third kappa shape index (κ3) is 2.68. The van der Waals surface area contributed by atoms with Gasteiger partial charge in [0.05, 0.1) is 14.2 Å². The molecule has 0 N–H and O–H groups in total. The summed E-state index contributed by atoms with van der Waals surface area (Å²) in [5.74, 6) is 1.63. The molecule has 0 radical (unpaired) electrons. The number of nitrogens with zero attached hydrogens (tertiary/aromatic N) is 1. The van der Waals surface area contributed by atoms with Crippen molar-refractivity contribution in [3.05, 3.63) is 53.1 Å². The molecule has 1 heterocycles. The summed E-state index contributed by atoms with van der Waals surface area (Å²) < 4.78 is 10.8. The second-order valence-corrected chi connectivity index (χ2v) is 5.48. The summed E-state index contributed by atoms with van der Waals surface area (Å²) in [6.45, 7) is 4.07. The van der Waals surface area contributed by atoms with E-state index in [4.69, 9.17) is 9.47 Å². The lowest BCUT2D eigenvalue weighted by atomic mass is 9.98. The van der Waals surface area contributed by atoms with Crippen LogP contribution in [0.5, 0.6) is 11.5 Å². The van der Waals surface area contributed by atoms with Crippen molar-refractivity contribution in [1.82, 2.24) is 0 Å². The van der Waals surface area contributed by atoms with Crippen molar-refractivity contribution in [3.8, 4) is 11.5 Å². The second kappa shape index (κ2) is 5.68. The van der Waals surface area contributed by atoms with Crippen molar-refractivity contribution in [2.45, 2.75) is 19.9 Å². The van der Waals surface area contributed by atoms with Crippen molar-refractivity contribution < 1.29 is 9.47 Å². The minimum Gasteiger partial charge on any atom is -0.493 e. The Hall–Kier alpha value is -2.16. The van der Waals surface area contributed by atoms with Gasteiger partial charge in [-0.2, -0.15) is 0 Å². The Balaban J connectivity index is 1.89. The highest BCUT2D eigenvalue weighted by atomic mass is 16.5. The Morgan fingerprint density at radius 3 is 2.14 bits per heavy atom. The van der Waals surface area contributed by atoms with Crippen LogP contribution in [0, 0.1) is 6.92 Å². The van der Waals surface area contributed by atoms with Gasteiger partial charge in [-0.15, -0.1) is 0 Å². The Labute approximate surface area is 126 Å². The fourth-order valence-corrected chi connectivity index (χ4v) is 2.86. The molecule has 21 heavy (non-hydrogen) atoms. The number of ether oxygens (including phenoxy) is 2. The lowest BCUT2D eigenvalue weighted by molar-refractivity contribution is 0.353. The first-order chi connectivity index (χ1) is 10.2. The number of hydrogen-bond acceptors (Lipinski definition) is 3. The third-order valence-corrected chi connectivity index (χ3v) is 4.12. The highest BCUT2D eigenvalue weighted by Crippen LogP contribution is 2.34. The molecule has 0 aliphatic carbocycles. The van der Waals surface area contributed by atoms with Gasteiger partial charge in [-0.1, -0.05) is 17.7 Å². The average Bonchev–Trinajstić information content (AvgIpc) is 2.53. The van der Waals surface area contributed by atoms with Crippen LogP contribution in [-0.2, 0) is 13.0 Å². The molecule has 2 aromatic rings. The molecule has 0 aromatic heterocycles. The lowest BCUT2D eigenvalue weighted by Crippen LogP contribution is -2.30. The van der Waals surface area contributed by atoms with E-state index in [1.54, 1.807) is 14.2 Å². The van der Waals surface area contributed by atoms with E-state index in [0.29, 0.717) is 0 Å². The molecular weight excluding hydrogens is 262 g/mol. The molecule has 3 rings (SSSR count). The zero-order chi connectivity index (χ0) is 14.8. The van der Waals surface area contributed by atoms with Crippen LogP contribution in [-0.4, -0.2) is 20.8 Å². The van der Waals surface area contributed by atoms with E-state index in [9.17, 15) is 0 Å². The molecular formula is C18H21NO2. The fourth-order valence-electron chi connectivity index (χ4n) is 2.86. The summed E-state index contributed by atoms with van der Waals surface area (Å²) >= 11 is 0. The number of benzene rings is 2. The molecule has 0 atom stereocenters. The summed E-state index contributed by atoms with van der Waals surface area (Å²) in [5.41, 5.74) is 5.25. The van der Waals surface area contributed by atoms with E-state index in [2.05, 4.69) is 48.2 Å². The van der Waals surface area contributed by atoms with Crippen molar-refractivity contribution in [1.29, 1.82) is 0 Å². The molecule has 3 nitrogen and oxygen atoms in total. The van der Waals surface area contributed by atoms with Crippen LogP contribution in [0.3, 0.4) is 0 Å². The molecule has 1 aliphatic rings. The van der Waals surface area contributed by atoms with E-state index >= 15 is 0 Å². The summed E-state index contributed by atoms with van der Waals surface area (Å²) in [5, 5.41) is 0. The van der Waals surface area contributed by atoms with Gasteiger partial charge in [0.1, 0.15) is 0 Å². The van der Waals surface area contributed by atoms with Crippen LogP contribution in [0.2, 0.25) is 0 Å². The van der Waals surface area contributed by atoms with Gasteiger partial charge in [0.2, 0.25) is 0 Å². The smallest absolute Gasteiger partial charge is 0.161 e. The molecule has 2 aromatic carbocycles. The summed E-state index contributed by atoms with van der Waals surface area (Å²) in [6, 6.07) is 12.9. The number of anilines is 1. The maximum absolute atomic E-state index is 5.42. The minimum atomic E-state index is 0.807. The van der Waals surface area contributed by atoms with Crippen molar-refractivity contribution in [2.24, 2.45) is 0 Å². The van der Waals surface area contributed by atoms with Crippen molar-refractivity contribution in [2.75, 3.05) is 25.7 Å². The Bertz CT molecular complexity index is 634. The number of rotatable bonds is 3. The standard InChI is InChI=1S/C18H21NO2/c1-13-4-6-16(7-5-13)19-9-8-14-10-17(20-2)18(21-3)11-15(14)12-19/h4-7,10-11H,8-9,12H2,1-3H3. The molecule has 1 aliphatic heterocycles. The first kappa shape index (κ1) is 13.8. The van der Waals surface area contributed by atoms with Gasteiger partial charge in [-0.25, -0.2) is 0 Å². The zero-order valence-corrected chi connectivity index (χ0v) is 12.8. The summed E-state index contributed by atoms with van der Waals surface area (Å²) in [6.07, 6.45) is 1.03. The SMILES string of the molecule is COc1cc2c(cc1OC)CN(c1ccc(C)cc1)CC2. The monoisotopic (exact) mass is 283 g/mol. The molecule has 0 fully saturated rings. The number of methoxy groups -OCH3 is 2. The minimum absolute atomic E-state index is 0.807. The Morgan fingerprint density at radius 2 is 1.52 bits per heavy atom. The number of hydrogen-bond donors (Lipinski definition) is 0. The molecule has 3 heteroatoms. The first-order valence-corrected chi connectivity index (χ1v) is 7.26. The Morgan fingerprint density at radius 1 is 0.905 bits per heavy atom. The van der Waals surface area contributed by atoms with Gasteiger partial charge >= 0.3 is 0 Å². The molecule has 0 bridgehead atoms. The molecule has 0 saturated carbocycles. The van der Waals surface area contributed by atoms with Gasteiger partial charge in [-0.05, 0) is 48.7 Å². The van der Waals surface area contributed by atoms with Crippen LogP contribution in [0.15, 0.2) is 36.4 Å². The van der Waals surface area contributed by atoms with Crippen LogP contribution in [0.1, 0.15) is 16.7 Å². The topological polar surface area (TPSA) is 21.7 Å². The summed E-state index contributed by atoms with van der Waals surface area (Å²) in [7, 11) is 3.37. The average molecular weight is 283 g/mol. The van der Waals surface area contributed by atoms with E-state index < -0.39 is 0 Å². The molecule has 0 unspecified atom stereocenters. The predicted molar refractivity (Wildman–Crippen MR) is 85.5 cm³/mol. The largest absolute Gasteiger partial charge is 0.493 e. The normalized spacial score (nSPS) is 13.8. The van der Waals surface area contributed by atoms with Crippen LogP contribution in [0.4, 0.5) is 5.69 Å².